The van der Waals surface area contributed by atoms with Crippen LogP contribution in [-0.4, -0.2) is 11.6 Å². The predicted octanol–water partition coefficient (Wildman–Crippen LogP) is 2.94. The van der Waals surface area contributed by atoms with Gasteiger partial charge in [-0.25, -0.2) is 0 Å². The second kappa shape index (κ2) is 5.64. The first-order valence-corrected chi connectivity index (χ1v) is 5.18. The summed E-state index contributed by atoms with van der Waals surface area (Å²) in [7, 11) is 0. The molecule has 0 aromatic carbocycles. The van der Waals surface area contributed by atoms with Crippen LogP contribution in [0.1, 0.15) is 34.6 Å². The molecule has 0 aliphatic carbocycles. The summed E-state index contributed by atoms with van der Waals surface area (Å²) in [5.41, 5.74) is -0.347. The van der Waals surface area contributed by atoms with Gasteiger partial charge in [0.25, 0.3) is 0 Å². The Balaban J connectivity index is 4.44. The molecule has 0 aromatic heterocycles. The zero-order valence-corrected chi connectivity index (χ0v) is 10.2. The molecule has 0 amide bonds. The van der Waals surface area contributed by atoms with Gasteiger partial charge >= 0.3 is 0 Å². The number of carbonyl (C=O) groups is 2. The Hall–Kier alpha value is -1.18. The molecule has 84 valence electrons. The standard InChI is InChI=1S/C13H20O2/c1-10(2)13(4,5)12(15)9-7-6-8-11(3)14/h6-10H,1-5H3. The number of rotatable bonds is 5. The molecule has 0 aromatic rings. The van der Waals surface area contributed by atoms with E-state index in [1.54, 1.807) is 12.2 Å². The van der Waals surface area contributed by atoms with Crippen LogP contribution in [0, 0.1) is 11.3 Å². The number of ketones is 2. The molecule has 0 N–H and O–H groups in total. The molecule has 0 aliphatic heterocycles. The fourth-order valence-corrected chi connectivity index (χ4v) is 0.833. The molecule has 0 spiro atoms. The van der Waals surface area contributed by atoms with Crippen molar-refractivity contribution in [1.82, 2.24) is 0 Å². The van der Waals surface area contributed by atoms with Gasteiger partial charge in [0.05, 0.1) is 0 Å². The first-order valence-electron chi connectivity index (χ1n) is 5.18. The van der Waals surface area contributed by atoms with Gasteiger partial charge in [-0.2, -0.15) is 0 Å². The highest BCUT2D eigenvalue weighted by molar-refractivity contribution is 5.95. The van der Waals surface area contributed by atoms with Crippen LogP contribution in [0.25, 0.3) is 0 Å². The van der Waals surface area contributed by atoms with E-state index in [4.69, 9.17) is 0 Å². The SMILES string of the molecule is CC(=O)C=CC=CC(=O)C(C)(C)C(C)C. The van der Waals surface area contributed by atoms with E-state index in [2.05, 4.69) is 0 Å². The Labute approximate surface area is 92.1 Å². The quantitative estimate of drug-likeness (QED) is 0.514. The third kappa shape index (κ3) is 4.73. The van der Waals surface area contributed by atoms with Crippen molar-refractivity contribution < 1.29 is 9.59 Å². The molecule has 0 fully saturated rings. The van der Waals surface area contributed by atoms with Crippen molar-refractivity contribution in [2.24, 2.45) is 11.3 Å². The van der Waals surface area contributed by atoms with E-state index in [0.717, 1.165) is 0 Å². The largest absolute Gasteiger partial charge is 0.295 e. The summed E-state index contributed by atoms with van der Waals surface area (Å²) < 4.78 is 0. The van der Waals surface area contributed by atoms with Crippen LogP contribution in [0.15, 0.2) is 24.3 Å². The summed E-state index contributed by atoms with van der Waals surface area (Å²) in [5.74, 6) is 0.368. The van der Waals surface area contributed by atoms with E-state index in [-0.39, 0.29) is 17.0 Å². The lowest BCUT2D eigenvalue weighted by atomic mass is 9.77. The van der Waals surface area contributed by atoms with Gasteiger partial charge in [0.15, 0.2) is 11.6 Å². The van der Waals surface area contributed by atoms with Crippen LogP contribution >= 0.6 is 0 Å². The van der Waals surface area contributed by atoms with E-state index in [1.165, 1.54) is 19.1 Å². The average molecular weight is 208 g/mol. The molecule has 2 heteroatoms. The molecule has 0 radical (unpaired) electrons. The van der Waals surface area contributed by atoms with Crippen molar-refractivity contribution in [3.8, 4) is 0 Å². The molecule has 0 bridgehead atoms. The van der Waals surface area contributed by atoms with Crippen LogP contribution in [0.3, 0.4) is 0 Å². The van der Waals surface area contributed by atoms with Crippen LogP contribution in [0.2, 0.25) is 0 Å². The topological polar surface area (TPSA) is 34.1 Å². The Morgan fingerprint density at radius 3 is 1.93 bits per heavy atom. The smallest absolute Gasteiger partial charge is 0.161 e. The fourth-order valence-electron chi connectivity index (χ4n) is 0.833. The van der Waals surface area contributed by atoms with Crippen LogP contribution in [0.5, 0.6) is 0 Å². The molecular formula is C13H20O2. The molecule has 0 unspecified atom stereocenters. The summed E-state index contributed by atoms with van der Waals surface area (Å²) in [6.45, 7) is 9.39. The fraction of sp³-hybridized carbons (Fsp3) is 0.538. The normalized spacial score (nSPS) is 12.9. The summed E-state index contributed by atoms with van der Waals surface area (Å²) in [6, 6.07) is 0. The van der Waals surface area contributed by atoms with Crippen molar-refractivity contribution in [1.29, 1.82) is 0 Å². The van der Waals surface area contributed by atoms with Gasteiger partial charge in [-0.3, -0.25) is 9.59 Å². The number of carbonyl (C=O) groups excluding carboxylic acids is 2. The van der Waals surface area contributed by atoms with Crippen LogP contribution in [0.4, 0.5) is 0 Å². The second-order valence-electron chi connectivity index (χ2n) is 4.57. The molecule has 0 atom stereocenters. The van der Waals surface area contributed by atoms with Crippen molar-refractivity contribution >= 4 is 11.6 Å². The molecular weight excluding hydrogens is 188 g/mol. The highest BCUT2D eigenvalue weighted by Gasteiger charge is 2.28. The minimum atomic E-state index is -0.347. The summed E-state index contributed by atoms with van der Waals surface area (Å²) in [5, 5.41) is 0. The minimum absolute atomic E-state index is 0.0183. The van der Waals surface area contributed by atoms with E-state index in [9.17, 15) is 9.59 Å². The zero-order valence-electron chi connectivity index (χ0n) is 10.2. The van der Waals surface area contributed by atoms with Gasteiger partial charge in [0.1, 0.15) is 0 Å². The van der Waals surface area contributed by atoms with Crippen molar-refractivity contribution in [2.75, 3.05) is 0 Å². The maximum absolute atomic E-state index is 11.7. The first-order chi connectivity index (χ1) is 6.78. The lowest BCUT2D eigenvalue weighted by Crippen LogP contribution is -2.28. The predicted molar refractivity (Wildman–Crippen MR) is 62.6 cm³/mol. The maximum atomic E-state index is 11.7. The van der Waals surface area contributed by atoms with Crippen LogP contribution in [-0.2, 0) is 9.59 Å². The van der Waals surface area contributed by atoms with E-state index in [0.29, 0.717) is 5.92 Å². The van der Waals surface area contributed by atoms with E-state index < -0.39 is 0 Å². The van der Waals surface area contributed by atoms with Crippen molar-refractivity contribution in [2.45, 2.75) is 34.6 Å². The second-order valence-corrected chi connectivity index (χ2v) is 4.57. The monoisotopic (exact) mass is 208 g/mol. The molecule has 0 rings (SSSR count). The van der Waals surface area contributed by atoms with Gasteiger partial charge in [0.2, 0.25) is 0 Å². The number of hydrogen-bond acceptors (Lipinski definition) is 2. The Morgan fingerprint density at radius 2 is 1.53 bits per heavy atom. The first kappa shape index (κ1) is 13.8. The summed E-state index contributed by atoms with van der Waals surface area (Å²) in [4.78, 5) is 22.3. The van der Waals surface area contributed by atoms with Gasteiger partial charge in [-0.1, -0.05) is 39.8 Å². The van der Waals surface area contributed by atoms with Gasteiger partial charge < -0.3 is 0 Å². The third-order valence-corrected chi connectivity index (χ3v) is 2.77. The van der Waals surface area contributed by atoms with E-state index in [1.807, 2.05) is 27.7 Å². The Kier molecular flexibility index (Phi) is 5.20. The Morgan fingerprint density at radius 1 is 1.07 bits per heavy atom. The highest BCUT2D eigenvalue weighted by atomic mass is 16.1. The minimum Gasteiger partial charge on any atom is -0.295 e. The number of allylic oxidation sites excluding steroid dienone is 4. The third-order valence-electron chi connectivity index (χ3n) is 2.77. The molecule has 0 saturated carbocycles. The van der Waals surface area contributed by atoms with Gasteiger partial charge in [0, 0.05) is 5.41 Å². The van der Waals surface area contributed by atoms with Crippen molar-refractivity contribution in [3.63, 3.8) is 0 Å². The van der Waals surface area contributed by atoms with Gasteiger partial charge in [-0.15, -0.1) is 0 Å². The lowest BCUT2D eigenvalue weighted by Gasteiger charge is -2.25. The van der Waals surface area contributed by atoms with Gasteiger partial charge in [-0.05, 0) is 25.0 Å². The molecule has 0 saturated heterocycles. The summed E-state index contributed by atoms with van der Waals surface area (Å²) >= 11 is 0. The van der Waals surface area contributed by atoms with Crippen LogP contribution < -0.4 is 0 Å². The number of hydrogen-bond donors (Lipinski definition) is 0. The Bertz CT molecular complexity index is 294. The highest BCUT2D eigenvalue weighted by Crippen LogP contribution is 2.27. The zero-order chi connectivity index (χ0) is 12.1. The summed E-state index contributed by atoms with van der Waals surface area (Å²) in [6.07, 6.45) is 6.18. The molecule has 15 heavy (non-hydrogen) atoms. The molecule has 0 aliphatic rings. The molecule has 0 heterocycles. The lowest BCUT2D eigenvalue weighted by molar-refractivity contribution is -0.124. The maximum Gasteiger partial charge on any atom is 0.161 e. The van der Waals surface area contributed by atoms with Crippen molar-refractivity contribution in [3.05, 3.63) is 24.3 Å². The molecule has 2 nitrogen and oxygen atoms in total. The van der Waals surface area contributed by atoms with E-state index >= 15 is 0 Å². The average Bonchev–Trinajstić information content (AvgIpc) is 2.11.